The quantitative estimate of drug-likeness (QED) is 0.831. The van der Waals surface area contributed by atoms with Crippen LogP contribution in [0.15, 0.2) is 24.5 Å². The Morgan fingerprint density at radius 1 is 1.20 bits per heavy atom. The highest BCUT2D eigenvalue weighted by Crippen LogP contribution is 2.07. The van der Waals surface area contributed by atoms with Crippen molar-refractivity contribution in [2.75, 3.05) is 32.7 Å². The van der Waals surface area contributed by atoms with E-state index < -0.39 is 0 Å². The summed E-state index contributed by atoms with van der Waals surface area (Å²) in [7, 11) is 0. The second kappa shape index (κ2) is 7.00. The Labute approximate surface area is 118 Å². The zero-order valence-corrected chi connectivity index (χ0v) is 11.7. The summed E-state index contributed by atoms with van der Waals surface area (Å²) in [5.74, 6) is -0.182. The fraction of sp³-hybridized carbons (Fsp3) is 0.500. The summed E-state index contributed by atoms with van der Waals surface area (Å²) < 4.78 is 0. The van der Waals surface area contributed by atoms with Crippen LogP contribution in [0.2, 0.25) is 0 Å². The summed E-state index contributed by atoms with van der Waals surface area (Å²) in [6, 6.07) is 4.02. The van der Waals surface area contributed by atoms with Crippen molar-refractivity contribution in [1.82, 2.24) is 20.1 Å². The van der Waals surface area contributed by atoms with Crippen LogP contribution in [0.3, 0.4) is 0 Å². The van der Waals surface area contributed by atoms with E-state index >= 15 is 0 Å². The molecule has 2 heterocycles. The largest absolute Gasteiger partial charge is 0.347 e. The second-order valence-electron chi connectivity index (χ2n) is 4.92. The minimum absolute atomic E-state index is 0.0104. The predicted octanol–water partition coefficient (Wildman–Crippen LogP) is -0.138. The van der Waals surface area contributed by atoms with Gasteiger partial charge in [0, 0.05) is 52.0 Å². The summed E-state index contributed by atoms with van der Waals surface area (Å²) in [5, 5.41) is 2.54. The lowest BCUT2D eigenvalue weighted by atomic mass is 10.2. The number of carbonyl (C=O) groups excluding carboxylic acids is 2. The second-order valence-corrected chi connectivity index (χ2v) is 4.92. The van der Waals surface area contributed by atoms with Crippen LogP contribution in [0.5, 0.6) is 0 Å². The summed E-state index contributed by atoms with van der Waals surface area (Å²) >= 11 is 0. The van der Waals surface area contributed by atoms with Crippen LogP contribution in [0.25, 0.3) is 0 Å². The van der Waals surface area contributed by atoms with Crippen molar-refractivity contribution >= 4 is 11.8 Å². The van der Waals surface area contributed by atoms with Crippen LogP contribution in [-0.4, -0.2) is 59.3 Å². The third-order valence-corrected chi connectivity index (χ3v) is 3.37. The molecule has 1 N–H and O–H groups in total. The number of rotatable bonds is 4. The summed E-state index contributed by atoms with van der Waals surface area (Å²) in [6.07, 6.45) is 3.59. The van der Waals surface area contributed by atoms with E-state index in [2.05, 4.69) is 15.2 Å². The van der Waals surface area contributed by atoms with E-state index in [0.717, 1.165) is 19.6 Å². The Morgan fingerprint density at radius 3 is 2.45 bits per heavy atom. The smallest absolute Gasteiger partial charge is 0.242 e. The Hall–Kier alpha value is -1.95. The first kappa shape index (κ1) is 14.5. The molecule has 0 bridgehead atoms. The Balaban J connectivity index is 1.75. The molecule has 0 aromatic carbocycles. The fourth-order valence-electron chi connectivity index (χ4n) is 2.21. The van der Waals surface area contributed by atoms with Crippen LogP contribution in [0, 0.1) is 0 Å². The van der Waals surface area contributed by atoms with Crippen molar-refractivity contribution < 1.29 is 9.59 Å². The Kier molecular flexibility index (Phi) is 5.06. The fourth-order valence-corrected chi connectivity index (χ4v) is 2.21. The predicted molar refractivity (Wildman–Crippen MR) is 74.8 cm³/mol. The third-order valence-electron chi connectivity index (χ3n) is 3.37. The van der Waals surface area contributed by atoms with Gasteiger partial charge in [-0.2, -0.15) is 0 Å². The van der Waals surface area contributed by atoms with Crippen molar-refractivity contribution in [3.63, 3.8) is 0 Å². The minimum Gasteiger partial charge on any atom is -0.347 e. The van der Waals surface area contributed by atoms with Gasteiger partial charge in [0.1, 0.15) is 0 Å². The van der Waals surface area contributed by atoms with E-state index in [0.29, 0.717) is 13.1 Å². The topological polar surface area (TPSA) is 65.5 Å². The van der Waals surface area contributed by atoms with E-state index in [1.165, 1.54) is 12.5 Å². The van der Waals surface area contributed by atoms with Gasteiger partial charge < -0.3 is 10.2 Å². The number of hydrogen-bond donors (Lipinski definition) is 1. The molecule has 1 aromatic rings. The normalized spacial score (nSPS) is 15.9. The van der Waals surface area contributed by atoms with Gasteiger partial charge in [-0.05, 0) is 17.7 Å². The molecule has 0 aliphatic carbocycles. The van der Waals surface area contributed by atoms with Gasteiger partial charge in [0.05, 0.1) is 6.54 Å². The van der Waals surface area contributed by atoms with E-state index in [9.17, 15) is 9.59 Å². The third kappa shape index (κ3) is 4.31. The summed E-state index contributed by atoms with van der Waals surface area (Å²) in [4.78, 5) is 30.8. The van der Waals surface area contributed by atoms with Gasteiger partial charge in [-0.25, -0.2) is 0 Å². The lowest BCUT2D eigenvalue weighted by Gasteiger charge is -2.34. The molecule has 0 atom stereocenters. The van der Waals surface area contributed by atoms with Crippen LogP contribution in [0.4, 0.5) is 0 Å². The van der Waals surface area contributed by atoms with E-state index in [4.69, 9.17) is 0 Å². The van der Waals surface area contributed by atoms with Crippen LogP contribution in [0.1, 0.15) is 12.5 Å². The van der Waals surface area contributed by atoms with Gasteiger partial charge in [0.15, 0.2) is 0 Å². The van der Waals surface area contributed by atoms with E-state index in [-0.39, 0.29) is 18.4 Å². The maximum absolute atomic E-state index is 11.9. The van der Waals surface area contributed by atoms with Crippen LogP contribution < -0.4 is 5.32 Å². The van der Waals surface area contributed by atoms with Crippen LogP contribution >= 0.6 is 0 Å². The van der Waals surface area contributed by atoms with Gasteiger partial charge in [0.25, 0.3) is 0 Å². The number of amides is 2. The number of pyridine rings is 1. The number of nitrogens with zero attached hydrogens (tertiary/aromatic N) is 3. The number of hydrogen-bond acceptors (Lipinski definition) is 4. The summed E-state index contributed by atoms with van der Waals surface area (Å²) in [5.41, 5.74) is 1.23. The molecule has 6 heteroatoms. The zero-order valence-electron chi connectivity index (χ0n) is 11.7. The first-order valence-corrected chi connectivity index (χ1v) is 6.78. The molecule has 2 amide bonds. The average Bonchev–Trinajstić information content (AvgIpc) is 2.46. The summed E-state index contributed by atoms with van der Waals surface area (Å²) in [6.45, 7) is 5.53. The first-order valence-electron chi connectivity index (χ1n) is 6.78. The number of nitrogens with one attached hydrogen (secondary N) is 1. The molecule has 108 valence electrons. The van der Waals surface area contributed by atoms with Crippen LogP contribution in [-0.2, 0) is 16.1 Å². The highest BCUT2D eigenvalue weighted by molar-refractivity contribution is 5.83. The maximum atomic E-state index is 11.9. The molecule has 1 aliphatic rings. The van der Waals surface area contributed by atoms with Crippen molar-refractivity contribution in [3.8, 4) is 0 Å². The molecular formula is C14H20N4O2. The zero-order chi connectivity index (χ0) is 14.4. The van der Waals surface area contributed by atoms with Gasteiger partial charge in [-0.1, -0.05) is 0 Å². The maximum Gasteiger partial charge on any atom is 0.242 e. The van der Waals surface area contributed by atoms with Crippen molar-refractivity contribution in [3.05, 3.63) is 30.1 Å². The molecule has 20 heavy (non-hydrogen) atoms. The molecule has 0 radical (unpaired) electrons. The molecule has 1 saturated heterocycles. The van der Waals surface area contributed by atoms with Crippen molar-refractivity contribution in [1.29, 1.82) is 0 Å². The standard InChI is InChI=1S/C14H20N4O2/c1-12(19)16-10-14(20)18-8-6-17(7-9-18)11-13-2-4-15-5-3-13/h2-5H,6-11H2,1H3,(H,16,19). The Bertz CT molecular complexity index is 456. The average molecular weight is 276 g/mol. The molecule has 0 saturated carbocycles. The monoisotopic (exact) mass is 276 g/mol. The van der Waals surface area contributed by atoms with Gasteiger partial charge in [0.2, 0.25) is 11.8 Å². The minimum atomic E-state index is -0.172. The lowest BCUT2D eigenvalue weighted by Crippen LogP contribution is -2.50. The molecule has 6 nitrogen and oxygen atoms in total. The highest BCUT2D eigenvalue weighted by Gasteiger charge is 2.20. The van der Waals surface area contributed by atoms with Gasteiger partial charge >= 0.3 is 0 Å². The van der Waals surface area contributed by atoms with Gasteiger partial charge in [-0.3, -0.25) is 19.5 Å². The van der Waals surface area contributed by atoms with E-state index in [1.54, 1.807) is 17.3 Å². The highest BCUT2D eigenvalue weighted by atomic mass is 16.2. The molecule has 0 spiro atoms. The SMILES string of the molecule is CC(=O)NCC(=O)N1CCN(Cc2ccncc2)CC1. The van der Waals surface area contributed by atoms with Crippen molar-refractivity contribution in [2.45, 2.75) is 13.5 Å². The molecule has 1 fully saturated rings. The van der Waals surface area contributed by atoms with Crippen molar-refractivity contribution in [2.24, 2.45) is 0 Å². The molecule has 0 unspecified atom stereocenters. The number of carbonyl (C=O) groups is 2. The lowest BCUT2D eigenvalue weighted by molar-refractivity contribution is -0.134. The number of aromatic nitrogens is 1. The molecule has 1 aromatic heterocycles. The molecular weight excluding hydrogens is 256 g/mol. The number of piperazine rings is 1. The van der Waals surface area contributed by atoms with E-state index in [1.807, 2.05) is 12.1 Å². The molecule has 1 aliphatic heterocycles. The molecule has 2 rings (SSSR count). The first-order chi connectivity index (χ1) is 9.65. The van der Waals surface area contributed by atoms with Gasteiger partial charge in [-0.15, -0.1) is 0 Å². The Morgan fingerprint density at radius 2 is 1.85 bits per heavy atom.